The minimum absolute atomic E-state index is 0.0919. The van der Waals surface area contributed by atoms with Crippen molar-refractivity contribution < 1.29 is 18.7 Å². The van der Waals surface area contributed by atoms with E-state index in [4.69, 9.17) is 4.74 Å². The summed E-state index contributed by atoms with van der Waals surface area (Å²) < 4.78 is 17.7. The Balaban J connectivity index is 1.78. The van der Waals surface area contributed by atoms with Crippen molar-refractivity contribution in [2.45, 2.75) is 0 Å². The number of ether oxygens (including phenoxy) is 1. The number of carbonyl (C=O) groups is 2. The predicted octanol–water partition coefficient (Wildman–Crippen LogP) is 3.40. The fourth-order valence-electron chi connectivity index (χ4n) is 2.27. The van der Waals surface area contributed by atoms with Gasteiger partial charge in [0.1, 0.15) is 11.5 Å². The van der Waals surface area contributed by atoms with E-state index < -0.39 is 11.9 Å². The maximum absolute atomic E-state index is 13.0. The van der Waals surface area contributed by atoms with Gasteiger partial charge >= 0.3 is 5.97 Å². The zero-order valence-corrected chi connectivity index (χ0v) is 14.3. The molecular formula is C19H15FN4O3. The van der Waals surface area contributed by atoms with E-state index in [1.807, 2.05) is 0 Å². The summed E-state index contributed by atoms with van der Waals surface area (Å²) in [6.45, 7) is 0. The number of anilines is 3. The molecule has 7 nitrogen and oxygen atoms in total. The Kier molecular flexibility index (Phi) is 5.36. The van der Waals surface area contributed by atoms with Gasteiger partial charge in [-0.1, -0.05) is 12.1 Å². The number of rotatable bonds is 5. The van der Waals surface area contributed by atoms with Gasteiger partial charge in [0.15, 0.2) is 0 Å². The summed E-state index contributed by atoms with van der Waals surface area (Å²) in [6.07, 6.45) is 1.42. The number of methoxy groups -OCH3 is 1. The average molecular weight is 366 g/mol. The molecule has 2 aromatic carbocycles. The average Bonchev–Trinajstić information content (AvgIpc) is 2.70. The van der Waals surface area contributed by atoms with Crippen LogP contribution in [0.5, 0.6) is 0 Å². The Morgan fingerprint density at radius 3 is 2.52 bits per heavy atom. The highest BCUT2D eigenvalue weighted by molar-refractivity contribution is 6.07. The van der Waals surface area contributed by atoms with Crippen LogP contribution in [0, 0.1) is 5.82 Å². The molecule has 0 aliphatic rings. The zero-order chi connectivity index (χ0) is 19.2. The summed E-state index contributed by atoms with van der Waals surface area (Å²) in [5, 5.41) is 5.52. The van der Waals surface area contributed by atoms with Crippen molar-refractivity contribution in [3.63, 3.8) is 0 Å². The van der Waals surface area contributed by atoms with Crippen LogP contribution >= 0.6 is 0 Å². The van der Waals surface area contributed by atoms with Crippen LogP contribution in [0.25, 0.3) is 0 Å². The van der Waals surface area contributed by atoms with Crippen LogP contribution in [0.4, 0.5) is 21.7 Å². The van der Waals surface area contributed by atoms with Crippen molar-refractivity contribution in [1.82, 2.24) is 9.97 Å². The largest absolute Gasteiger partial charge is 0.465 e. The Morgan fingerprint density at radius 1 is 1.04 bits per heavy atom. The first-order valence-corrected chi connectivity index (χ1v) is 7.91. The molecule has 136 valence electrons. The van der Waals surface area contributed by atoms with Gasteiger partial charge in [-0.05, 0) is 42.5 Å². The van der Waals surface area contributed by atoms with E-state index in [1.165, 1.54) is 43.6 Å². The molecule has 0 radical (unpaired) electrons. The number of halogens is 1. The highest BCUT2D eigenvalue weighted by atomic mass is 19.1. The zero-order valence-electron chi connectivity index (χ0n) is 14.3. The Bertz CT molecular complexity index is 977. The molecular weight excluding hydrogens is 351 g/mol. The first kappa shape index (κ1) is 18.0. The summed E-state index contributed by atoms with van der Waals surface area (Å²) in [5.41, 5.74) is 1.20. The van der Waals surface area contributed by atoms with Gasteiger partial charge in [0, 0.05) is 11.9 Å². The summed E-state index contributed by atoms with van der Waals surface area (Å²) in [6, 6.07) is 13.6. The summed E-state index contributed by atoms with van der Waals surface area (Å²) in [5.74, 6) is -1.27. The van der Waals surface area contributed by atoms with Gasteiger partial charge < -0.3 is 15.4 Å². The summed E-state index contributed by atoms with van der Waals surface area (Å²) in [7, 11) is 1.26. The van der Waals surface area contributed by atoms with Gasteiger partial charge in [0.05, 0.1) is 18.4 Å². The van der Waals surface area contributed by atoms with Crippen LogP contribution in [0.2, 0.25) is 0 Å². The minimum atomic E-state index is -0.563. The van der Waals surface area contributed by atoms with Gasteiger partial charge in [0.25, 0.3) is 5.91 Å². The molecule has 0 spiro atoms. The molecule has 1 aromatic heterocycles. The Labute approximate surface area is 154 Å². The van der Waals surface area contributed by atoms with Gasteiger partial charge in [-0.25, -0.2) is 19.2 Å². The maximum atomic E-state index is 13.0. The molecule has 0 saturated heterocycles. The van der Waals surface area contributed by atoms with Crippen molar-refractivity contribution >= 4 is 29.2 Å². The van der Waals surface area contributed by atoms with E-state index in [1.54, 1.807) is 24.3 Å². The van der Waals surface area contributed by atoms with E-state index in [-0.39, 0.29) is 23.0 Å². The lowest BCUT2D eigenvalue weighted by Gasteiger charge is -2.10. The second-order valence-corrected chi connectivity index (χ2v) is 5.39. The molecule has 1 heterocycles. The second kappa shape index (κ2) is 8.05. The predicted molar refractivity (Wildman–Crippen MR) is 97.4 cm³/mol. The van der Waals surface area contributed by atoms with E-state index in [9.17, 15) is 14.0 Å². The second-order valence-electron chi connectivity index (χ2n) is 5.39. The molecule has 27 heavy (non-hydrogen) atoms. The molecule has 1 amide bonds. The third kappa shape index (κ3) is 4.43. The van der Waals surface area contributed by atoms with Gasteiger partial charge in [-0.15, -0.1) is 0 Å². The molecule has 3 aromatic rings. The molecule has 0 atom stereocenters. The van der Waals surface area contributed by atoms with Crippen molar-refractivity contribution in [3.8, 4) is 0 Å². The Hall–Kier alpha value is -3.81. The fraction of sp³-hybridized carbons (Fsp3) is 0.0526. The van der Waals surface area contributed by atoms with E-state index in [0.29, 0.717) is 11.4 Å². The number of amides is 1. The lowest BCUT2D eigenvalue weighted by atomic mass is 10.1. The van der Waals surface area contributed by atoms with Crippen LogP contribution in [0.15, 0.2) is 60.8 Å². The minimum Gasteiger partial charge on any atom is -0.465 e. The molecule has 0 bridgehead atoms. The van der Waals surface area contributed by atoms with Crippen LogP contribution < -0.4 is 10.6 Å². The van der Waals surface area contributed by atoms with Crippen LogP contribution in [0.3, 0.4) is 0 Å². The molecule has 3 rings (SSSR count). The highest BCUT2D eigenvalue weighted by Gasteiger charge is 2.15. The molecule has 0 aliphatic heterocycles. The smallest absolute Gasteiger partial charge is 0.339 e. The van der Waals surface area contributed by atoms with Crippen molar-refractivity contribution in [2.75, 3.05) is 17.7 Å². The number of carbonyl (C=O) groups excluding carboxylic acids is 2. The van der Waals surface area contributed by atoms with Crippen molar-refractivity contribution in [3.05, 3.63) is 77.9 Å². The normalized spacial score (nSPS) is 10.1. The van der Waals surface area contributed by atoms with Crippen LogP contribution in [0.1, 0.15) is 20.8 Å². The maximum Gasteiger partial charge on any atom is 0.339 e. The molecule has 8 heteroatoms. The van der Waals surface area contributed by atoms with E-state index in [2.05, 4.69) is 20.6 Å². The lowest BCUT2D eigenvalue weighted by molar-refractivity contribution is 0.0602. The number of hydrogen-bond acceptors (Lipinski definition) is 6. The van der Waals surface area contributed by atoms with Gasteiger partial charge in [-0.2, -0.15) is 0 Å². The number of para-hydroxylation sites is 1. The number of aromatic nitrogens is 2. The number of benzene rings is 2. The summed E-state index contributed by atoms with van der Waals surface area (Å²) in [4.78, 5) is 32.5. The van der Waals surface area contributed by atoms with Crippen LogP contribution in [-0.2, 0) is 4.74 Å². The van der Waals surface area contributed by atoms with Gasteiger partial charge in [-0.3, -0.25) is 4.79 Å². The number of hydrogen-bond donors (Lipinski definition) is 2. The van der Waals surface area contributed by atoms with Crippen molar-refractivity contribution in [1.29, 1.82) is 0 Å². The third-order valence-electron chi connectivity index (χ3n) is 3.57. The van der Waals surface area contributed by atoms with E-state index >= 15 is 0 Å². The number of esters is 1. The number of nitrogens with one attached hydrogen (secondary N) is 2. The first-order valence-electron chi connectivity index (χ1n) is 7.91. The summed E-state index contributed by atoms with van der Waals surface area (Å²) >= 11 is 0. The quantitative estimate of drug-likeness (QED) is 0.672. The number of nitrogens with zero attached hydrogens (tertiary/aromatic N) is 2. The molecule has 0 unspecified atom stereocenters. The Morgan fingerprint density at radius 2 is 1.78 bits per heavy atom. The molecule has 0 saturated carbocycles. The van der Waals surface area contributed by atoms with E-state index in [0.717, 1.165) is 0 Å². The molecule has 0 aliphatic carbocycles. The van der Waals surface area contributed by atoms with Gasteiger partial charge in [0.2, 0.25) is 5.95 Å². The third-order valence-corrected chi connectivity index (χ3v) is 3.57. The highest BCUT2D eigenvalue weighted by Crippen LogP contribution is 2.18. The monoisotopic (exact) mass is 366 g/mol. The standard InChI is InChI=1S/C19H15FN4O3/c1-27-18(26)14-4-2-3-5-15(14)23-17(25)16-10-11-21-19(24-16)22-13-8-6-12(20)7-9-13/h2-11H,1H3,(H,23,25)(H,21,22,24). The topological polar surface area (TPSA) is 93.2 Å². The van der Waals surface area contributed by atoms with Crippen molar-refractivity contribution in [2.24, 2.45) is 0 Å². The SMILES string of the molecule is COC(=O)c1ccccc1NC(=O)c1ccnc(Nc2ccc(F)cc2)n1. The molecule has 2 N–H and O–H groups in total. The fourth-order valence-corrected chi connectivity index (χ4v) is 2.27. The van der Waals surface area contributed by atoms with Crippen LogP contribution in [-0.4, -0.2) is 29.0 Å². The lowest BCUT2D eigenvalue weighted by Crippen LogP contribution is -2.17. The molecule has 0 fully saturated rings. The first-order chi connectivity index (χ1) is 13.1.